The zero-order chi connectivity index (χ0) is 9.86. The summed E-state index contributed by atoms with van der Waals surface area (Å²) in [5.74, 6) is 0. The number of rotatable bonds is 3. The fraction of sp³-hybridized carbons (Fsp3) is 0.545. The van der Waals surface area contributed by atoms with Crippen LogP contribution in [0.5, 0.6) is 0 Å². The second kappa shape index (κ2) is 3.96. The molecule has 1 aromatic rings. The van der Waals surface area contributed by atoms with Crippen molar-refractivity contribution in [1.29, 1.82) is 0 Å². The lowest BCUT2D eigenvalue weighted by atomic mass is 9.95. The van der Waals surface area contributed by atoms with E-state index in [0.29, 0.717) is 0 Å². The fourth-order valence-corrected chi connectivity index (χ4v) is 1.81. The quantitative estimate of drug-likeness (QED) is 0.796. The normalized spacial score (nSPS) is 26.4. The van der Waals surface area contributed by atoms with Crippen LogP contribution in [0.1, 0.15) is 19.8 Å². The molecule has 0 amide bonds. The van der Waals surface area contributed by atoms with E-state index < -0.39 is 0 Å². The molecule has 3 nitrogen and oxygen atoms in total. The van der Waals surface area contributed by atoms with Crippen LogP contribution in [-0.2, 0) is 4.74 Å². The van der Waals surface area contributed by atoms with Gasteiger partial charge in [0.05, 0.1) is 12.1 Å². The molecule has 1 saturated heterocycles. The van der Waals surface area contributed by atoms with Crippen molar-refractivity contribution in [2.75, 3.05) is 18.5 Å². The molecule has 1 atom stereocenters. The summed E-state index contributed by atoms with van der Waals surface area (Å²) >= 11 is 0. The third-order valence-electron chi connectivity index (χ3n) is 2.87. The molecule has 1 aliphatic heterocycles. The number of ether oxygens (including phenoxy) is 1. The van der Waals surface area contributed by atoms with Crippen molar-refractivity contribution in [2.24, 2.45) is 0 Å². The minimum Gasteiger partial charge on any atom is -0.379 e. The van der Waals surface area contributed by atoms with Gasteiger partial charge in [-0.25, -0.2) is 0 Å². The van der Waals surface area contributed by atoms with E-state index in [9.17, 15) is 0 Å². The van der Waals surface area contributed by atoms with Crippen molar-refractivity contribution < 1.29 is 4.74 Å². The summed E-state index contributed by atoms with van der Waals surface area (Å²) in [5.41, 5.74) is 1.27. The Balaban J connectivity index is 2.08. The molecule has 76 valence electrons. The number of nitrogens with one attached hydrogen (secondary N) is 1. The number of hydrogen-bond donors (Lipinski definition) is 1. The van der Waals surface area contributed by atoms with Crippen molar-refractivity contribution in [2.45, 2.75) is 25.3 Å². The van der Waals surface area contributed by atoms with Gasteiger partial charge in [0.2, 0.25) is 0 Å². The minimum atomic E-state index is 0.140. The summed E-state index contributed by atoms with van der Waals surface area (Å²) in [5, 5.41) is 3.54. The van der Waals surface area contributed by atoms with Crippen LogP contribution in [-0.4, -0.2) is 23.7 Å². The van der Waals surface area contributed by atoms with Crippen molar-refractivity contribution in [3.8, 4) is 0 Å². The Morgan fingerprint density at radius 1 is 1.50 bits per heavy atom. The summed E-state index contributed by atoms with van der Waals surface area (Å²) in [6.45, 7) is 3.88. The molecule has 2 rings (SSSR count). The molecule has 1 fully saturated rings. The molecule has 1 aromatic heterocycles. The number of hydrogen-bond acceptors (Lipinski definition) is 3. The molecule has 14 heavy (non-hydrogen) atoms. The van der Waals surface area contributed by atoms with Gasteiger partial charge in [0, 0.05) is 24.7 Å². The molecule has 0 saturated carbocycles. The molecule has 0 spiro atoms. The van der Waals surface area contributed by atoms with Gasteiger partial charge in [-0.1, -0.05) is 6.92 Å². The Morgan fingerprint density at radius 3 is 2.86 bits per heavy atom. The van der Waals surface area contributed by atoms with Gasteiger partial charge in [-0.3, -0.25) is 4.98 Å². The third-order valence-corrected chi connectivity index (χ3v) is 2.87. The first-order valence-corrected chi connectivity index (χ1v) is 5.11. The van der Waals surface area contributed by atoms with Gasteiger partial charge in [-0.2, -0.15) is 0 Å². The second-order valence-electron chi connectivity index (χ2n) is 3.80. The Bertz CT molecular complexity index is 281. The first-order chi connectivity index (χ1) is 6.85. The number of nitrogens with zero attached hydrogens (tertiary/aromatic N) is 1. The highest BCUT2D eigenvalue weighted by Crippen LogP contribution is 2.26. The van der Waals surface area contributed by atoms with Crippen LogP contribution in [0.25, 0.3) is 0 Å². The van der Waals surface area contributed by atoms with Crippen LogP contribution in [0.2, 0.25) is 0 Å². The molecule has 0 radical (unpaired) electrons. The largest absolute Gasteiger partial charge is 0.379 e. The van der Waals surface area contributed by atoms with Gasteiger partial charge in [-0.05, 0) is 25.0 Å². The number of aromatic nitrogens is 1. The average molecular weight is 192 g/mol. The van der Waals surface area contributed by atoms with E-state index in [1.807, 2.05) is 24.5 Å². The summed E-state index contributed by atoms with van der Waals surface area (Å²) < 4.78 is 5.45. The van der Waals surface area contributed by atoms with Gasteiger partial charge in [0.1, 0.15) is 0 Å². The first kappa shape index (κ1) is 9.46. The lowest BCUT2D eigenvalue weighted by Gasteiger charge is -2.28. The zero-order valence-corrected chi connectivity index (χ0v) is 8.49. The van der Waals surface area contributed by atoms with E-state index in [-0.39, 0.29) is 5.54 Å². The van der Waals surface area contributed by atoms with Crippen LogP contribution >= 0.6 is 0 Å². The van der Waals surface area contributed by atoms with E-state index in [1.54, 1.807) is 0 Å². The average Bonchev–Trinajstić information content (AvgIpc) is 2.69. The third kappa shape index (κ3) is 1.87. The van der Waals surface area contributed by atoms with Gasteiger partial charge in [-0.15, -0.1) is 0 Å². The smallest absolute Gasteiger partial charge is 0.0697 e. The Labute approximate surface area is 84.5 Å². The topological polar surface area (TPSA) is 34.2 Å². The van der Waals surface area contributed by atoms with E-state index in [4.69, 9.17) is 4.74 Å². The Morgan fingerprint density at radius 2 is 2.29 bits per heavy atom. The maximum atomic E-state index is 5.45. The summed E-state index contributed by atoms with van der Waals surface area (Å²) in [6, 6.07) is 3.99. The monoisotopic (exact) mass is 192 g/mol. The Hall–Kier alpha value is -1.09. The maximum absolute atomic E-state index is 5.45. The van der Waals surface area contributed by atoms with Gasteiger partial charge >= 0.3 is 0 Å². The number of anilines is 1. The van der Waals surface area contributed by atoms with Crippen molar-refractivity contribution in [1.82, 2.24) is 4.98 Å². The number of pyridine rings is 1. The predicted molar refractivity (Wildman–Crippen MR) is 56.3 cm³/mol. The molecule has 1 N–H and O–H groups in total. The van der Waals surface area contributed by atoms with Crippen LogP contribution in [0.4, 0.5) is 5.69 Å². The van der Waals surface area contributed by atoms with E-state index >= 15 is 0 Å². The fourth-order valence-electron chi connectivity index (χ4n) is 1.81. The maximum Gasteiger partial charge on any atom is 0.0697 e. The van der Waals surface area contributed by atoms with Gasteiger partial charge in [0.15, 0.2) is 0 Å². The standard InChI is InChI=1S/C11H16N2O/c1-2-11(5-8-14-9-11)13-10-3-6-12-7-4-10/h3-4,6-7H,2,5,8-9H2,1H3,(H,12,13). The second-order valence-corrected chi connectivity index (χ2v) is 3.80. The molecule has 2 heterocycles. The minimum absolute atomic E-state index is 0.140. The highest BCUT2D eigenvalue weighted by Gasteiger charge is 2.32. The molecule has 0 aromatic carbocycles. The van der Waals surface area contributed by atoms with Crippen LogP contribution in [0.15, 0.2) is 24.5 Å². The van der Waals surface area contributed by atoms with E-state index in [0.717, 1.165) is 31.7 Å². The highest BCUT2D eigenvalue weighted by molar-refractivity contribution is 5.44. The molecule has 0 aliphatic carbocycles. The molecular formula is C11H16N2O. The van der Waals surface area contributed by atoms with Crippen molar-refractivity contribution in [3.05, 3.63) is 24.5 Å². The van der Waals surface area contributed by atoms with Gasteiger partial charge < -0.3 is 10.1 Å². The zero-order valence-electron chi connectivity index (χ0n) is 8.49. The molecule has 3 heteroatoms. The highest BCUT2D eigenvalue weighted by atomic mass is 16.5. The molecule has 1 unspecified atom stereocenters. The summed E-state index contributed by atoms with van der Waals surface area (Å²) in [4.78, 5) is 4.00. The predicted octanol–water partition coefficient (Wildman–Crippen LogP) is 2.06. The summed E-state index contributed by atoms with van der Waals surface area (Å²) in [6.07, 6.45) is 5.80. The van der Waals surface area contributed by atoms with Crippen LogP contribution < -0.4 is 5.32 Å². The summed E-state index contributed by atoms with van der Waals surface area (Å²) in [7, 11) is 0. The first-order valence-electron chi connectivity index (χ1n) is 5.11. The van der Waals surface area contributed by atoms with Gasteiger partial charge in [0.25, 0.3) is 0 Å². The van der Waals surface area contributed by atoms with Crippen LogP contribution in [0.3, 0.4) is 0 Å². The molecule has 0 bridgehead atoms. The van der Waals surface area contributed by atoms with Crippen LogP contribution in [0, 0.1) is 0 Å². The molecule has 1 aliphatic rings. The molecular weight excluding hydrogens is 176 g/mol. The lowest BCUT2D eigenvalue weighted by molar-refractivity contribution is 0.181. The van der Waals surface area contributed by atoms with Crippen molar-refractivity contribution in [3.63, 3.8) is 0 Å². The van der Waals surface area contributed by atoms with E-state index in [1.165, 1.54) is 0 Å². The van der Waals surface area contributed by atoms with Crippen molar-refractivity contribution >= 4 is 5.69 Å². The SMILES string of the molecule is CCC1(Nc2ccncc2)CCOC1. The Kier molecular flexibility index (Phi) is 2.68. The van der Waals surface area contributed by atoms with E-state index in [2.05, 4.69) is 17.2 Å². The lowest BCUT2D eigenvalue weighted by Crippen LogP contribution is -2.37.